The normalized spacial score (nSPS) is 12.9. The molecule has 0 atom stereocenters. The van der Waals surface area contributed by atoms with Gasteiger partial charge in [0.1, 0.15) is 11.6 Å². The Hall–Kier alpha value is -7.33. The van der Waals surface area contributed by atoms with Gasteiger partial charge in [-0.1, -0.05) is 140 Å². The number of aryl methyl sites for hydroxylation is 6. The Morgan fingerprint density at radius 3 is 1.99 bits per heavy atom. The van der Waals surface area contributed by atoms with Crippen LogP contribution in [0.25, 0.3) is 83.3 Å². The van der Waals surface area contributed by atoms with Crippen molar-refractivity contribution >= 4 is 50.0 Å². The fourth-order valence-electron chi connectivity index (χ4n) is 11.5. The van der Waals surface area contributed by atoms with Crippen LogP contribution in [0.2, 0.25) is 0 Å². The molecule has 0 saturated carbocycles. The van der Waals surface area contributed by atoms with Crippen molar-refractivity contribution in [2.75, 3.05) is 4.90 Å². The molecule has 0 radical (unpaired) electrons. The Labute approximate surface area is 418 Å². The maximum atomic E-state index is 5.81. The maximum Gasteiger partial charge on any atom is 2.00 e. The van der Waals surface area contributed by atoms with Crippen LogP contribution >= 0.6 is 0 Å². The van der Waals surface area contributed by atoms with Crippen molar-refractivity contribution in [2.45, 2.75) is 60.8 Å². The van der Waals surface area contributed by atoms with Crippen LogP contribution in [-0.2, 0) is 26.5 Å². The van der Waals surface area contributed by atoms with Gasteiger partial charge < -0.3 is 9.88 Å². The minimum absolute atomic E-state index is 0. The first-order valence-electron chi connectivity index (χ1n) is 23.6. The number of hydrogen-bond donors (Lipinski definition) is 0. The van der Waals surface area contributed by atoms with Gasteiger partial charge in [-0.25, -0.2) is 9.97 Å². The van der Waals surface area contributed by atoms with E-state index in [1.165, 1.54) is 61.2 Å². The topological polar surface area (TPSA) is 48.1 Å². The molecule has 11 aromatic rings. The zero-order valence-corrected chi connectivity index (χ0v) is 42.4. The van der Waals surface area contributed by atoms with Crippen molar-refractivity contribution in [2.24, 2.45) is 0 Å². The molecule has 12 rings (SSSR count). The van der Waals surface area contributed by atoms with Crippen LogP contribution in [0.4, 0.5) is 17.2 Å². The molecule has 0 fully saturated rings. The van der Waals surface area contributed by atoms with Crippen LogP contribution in [0.3, 0.4) is 0 Å². The zero-order valence-electron chi connectivity index (χ0n) is 40.1. The number of nitrogens with zero attached hydrogens (tertiary/aromatic N) is 5. The number of pyridine rings is 1. The Morgan fingerprint density at radius 2 is 1.22 bits per heavy atom. The van der Waals surface area contributed by atoms with E-state index in [1.807, 2.05) is 12.3 Å². The number of para-hydroxylation sites is 3. The van der Waals surface area contributed by atoms with Crippen molar-refractivity contribution < 1.29 is 21.1 Å². The maximum absolute atomic E-state index is 5.81. The summed E-state index contributed by atoms with van der Waals surface area (Å²) in [7, 11) is 0. The quantitative estimate of drug-likeness (QED) is 0.156. The van der Waals surface area contributed by atoms with E-state index in [0.29, 0.717) is 0 Å². The summed E-state index contributed by atoms with van der Waals surface area (Å²) in [6.45, 7) is 17.9. The van der Waals surface area contributed by atoms with Crippen molar-refractivity contribution in [3.8, 4) is 50.5 Å². The van der Waals surface area contributed by atoms with Gasteiger partial charge in [-0.2, -0.15) is 0 Å². The second-order valence-electron chi connectivity index (χ2n) is 19.4. The molecule has 0 N–H and O–H groups in total. The monoisotopic (exact) mass is 1070 g/mol. The van der Waals surface area contributed by atoms with Crippen molar-refractivity contribution in [1.29, 1.82) is 0 Å². The summed E-state index contributed by atoms with van der Waals surface area (Å²) in [4.78, 5) is 18.5. The molecule has 0 aliphatic carbocycles. The molecule has 338 valence electrons. The average molecular weight is 1070 g/mol. The predicted molar refractivity (Wildman–Crippen MR) is 283 cm³/mol. The number of benzene rings is 8. The minimum Gasteiger partial charge on any atom is -0.656 e. The number of fused-ring (bicyclic) bond motifs is 6. The molecule has 6 heteroatoms. The van der Waals surface area contributed by atoms with Gasteiger partial charge >= 0.3 is 21.1 Å². The molecule has 0 amide bonds. The first-order valence-corrected chi connectivity index (χ1v) is 23.6. The van der Waals surface area contributed by atoms with Crippen LogP contribution in [0.15, 0.2) is 164 Å². The van der Waals surface area contributed by atoms with Crippen molar-refractivity contribution in [3.63, 3.8) is 0 Å². The molecule has 0 unspecified atom stereocenters. The van der Waals surface area contributed by atoms with Crippen LogP contribution in [0.1, 0.15) is 58.4 Å². The summed E-state index contributed by atoms with van der Waals surface area (Å²) in [5, 5.41) is 2.25. The van der Waals surface area contributed by atoms with Gasteiger partial charge in [0, 0.05) is 34.1 Å². The number of rotatable bonds is 6. The van der Waals surface area contributed by atoms with E-state index in [9.17, 15) is 0 Å². The third kappa shape index (κ3) is 7.09. The van der Waals surface area contributed by atoms with Gasteiger partial charge in [-0.05, 0) is 138 Å². The van der Waals surface area contributed by atoms with Gasteiger partial charge in [-0.15, -0.1) is 40.9 Å². The van der Waals surface area contributed by atoms with Crippen LogP contribution in [0, 0.1) is 47.6 Å². The molecule has 5 nitrogen and oxygen atoms in total. The molecule has 0 spiro atoms. The smallest absolute Gasteiger partial charge is 0.656 e. The molecule has 1 aliphatic heterocycles. The number of aromatic nitrogens is 4. The molecule has 8 aromatic carbocycles. The van der Waals surface area contributed by atoms with Crippen molar-refractivity contribution in [1.82, 2.24) is 19.5 Å². The van der Waals surface area contributed by atoms with E-state index in [0.717, 1.165) is 83.8 Å². The summed E-state index contributed by atoms with van der Waals surface area (Å²) >= 11 is 0. The third-order valence-corrected chi connectivity index (χ3v) is 14.3. The molecule has 0 saturated heterocycles. The average Bonchev–Trinajstić information content (AvgIpc) is 3.90. The zero-order chi connectivity index (χ0) is 46.6. The van der Waals surface area contributed by atoms with Crippen LogP contribution < -0.4 is 9.88 Å². The van der Waals surface area contributed by atoms with Gasteiger partial charge in [0.2, 0.25) is 0 Å². The Morgan fingerprint density at radius 1 is 0.565 bits per heavy atom. The fraction of sp³-hybridized carbons (Fsp3) is 0.143. The molecule has 3 aromatic heterocycles. The second-order valence-corrected chi connectivity index (χ2v) is 19.4. The Balaban J connectivity index is 0.00000520. The second kappa shape index (κ2) is 16.7. The first-order chi connectivity index (χ1) is 32.9. The Bertz CT molecular complexity index is 3770. The largest absolute Gasteiger partial charge is 2.00 e. The minimum atomic E-state index is -0.235. The molecule has 4 heterocycles. The molecule has 69 heavy (non-hydrogen) atoms. The van der Waals surface area contributed by atoms with E-state index in [-0.39, 0.29) is 26.5 Å². The van der Waals surface area contributed by atoms with Gasteiger partial charge in [0.15, 0.2) is 0 Å². The van der Waals surface area contributed by atoms with Crippen molar-refractivity contribution in [3.05, 3.63) is 214 Å². The van der Waals surface area contributed by atoms with E-state index in [1.54, 1.807) is 0 Å². The van der Waals surface area contributed by atoms with Crippen LogP contribution in [0.5, 0.6) is 0 Å². The van der Waals surface area contributed by atoms with E-state index >= 15 is 0 Å². The summed E-state index contributed by atoms with van der Waals surface area (Å²) in [6.07, 6.45) is 1.90. The van der Waals surface area contributed by atoms with Gasteiger partial charge in [0.25, 0.3) is 0 Å². The van der Waals surface area contributed by atoms with Gasteiger partial charge in [0.05, 0.1) is 11.0 Å². The summed E-state index contributed by atoms with van der Waals surface area (Å²) in [5.74, 6) is 1.75. The molecule has 1 aliphatic rings. The first kappa shape index (κ1) is 44.2. The van der Waals surface area contributed by atoms with E-state index in [4.69, 9.17) is 15.0 Å². The number of anilines is 3. The number of hydrogen-bond acceptors (Lipinski definition) is 3. The molecular formula is C63H51N5Pt. The SMILES string of the molecule is Cc1cc(C)c(-c2cccc(-n3c(-c4cccc5c4[n-]c4ccccc45)nc4c(-c5[c-]c(N6c7ccccc7C(C)(C)c7cccnc76)ccc5)cc(-c5c(C)cc(C)cc5C)cc43)c2)c(C)c1.[Pt+2]. The summed E-state index contributed by atoms with van der Waals surface area (Å²) in [6, 6.07) is 61.2. The molecule has 0 bridgehead atoms. The van der Waals surface area contributed by atoms with E-state index < -0.39 is 0 Å². The fourth-order valence-corrected chi connectivity index (χ4v) is 11.5. The Kier molecular flexibility index (Phi) is 10.7. The summed E-state index contributed by atoms with van der Waals surface area (Å²) in [5.41, 5.74) is 24.2. The van der Waals surface area contributed by atoms with Crippen LogP contribution in [-0.4, -0.2) is 14.5 Å². The number of imidazole rings is 1. The summed E-state index contributed by atoms with van der Waals surface area (Å²) < 4.78 is 2.38. The van der Waals surface area contributed by atoms with Gasteiger partial charge in [-0.3, -0.25) is 4.57 Å². The predicted octanol–water partition coefficient (Wildman–Crippen LogP) is 16.1. The molecular weight excluding hydrogens is 1020 g/mol. The third-order valence-electron chi connectivity index (χ3n) is 14.3. The van der Waals surface area contributed by atoms with E-state index in [2.05, 4.69) is 223 Å². The standard InChI is InChI=1S/C63H51N5.Pt/c1-37-29-39(3)57(40(4)30-37)44-18-14-20-47(34-44)68-56-36-45(58-41(5)31-38(2)32-42(58)6)35-51(60(56)66-61(68)50-23-15-22-49-48-21-9-11-26-54(48)65-59(49)50)43-17-13-19-46(33-43)67-55-27-12-10-24-52(55)63(7,8)53-25-16-28-64-62(53)67;/h9-32,34-36H,1-8H3;/q-2;+2.